The summed E-state index contributed by atoms with van der Waals surface area (Å²) in [6.45, 7) is 4.14. The van der Waals surface area contributed by atoms with Crippen molar-refractivity contribution >= 4 is 34.6 Å². The van der Waals surface area contributed by atoms with Gasteiger partial charge in [0.2, 0.25) is 0 Å². The predicted octanol–water partition coefficient (Wildman–Crippen LogP) is 4.11. The first-order valence-corrected chi connectivity index (χ1v) is 9.47. The fourth-order valence-electron chi connectivity index (χ4n) is 2.65. The highest BCUT2D eigenvalue weighted by molar-refractivity contribution is 8.19. The Labute approximate surface area is 158 Å². The van der Waals surface area contributed by atoms with Crippen LogP contribution >= 0.6 is 11.8 Å². The van der Waals surface area contributed by atoms with Crippen LogP contribution in [-0.2, 0) is 11.2 Å². The van der Waals surface area contributed by atoms with Crippen molar-refractivity contribution < 1.29 is 9.90 Å². The lowest BCUT2D eigenvalue weighted by molar-refractivity contribution is -0.113. The zero-order valence-electron chi connectivity index (χ0n) is 14.9. The fourth-order valence-corrected chi connectivity index (χ4v) is 3.76. The highest BCUT2D eigenvalue weighted by Crippen LogP contribution is 2.36. The molecule has 0 aliphatic carbocycles. The zero-order chi connectivity index (χ0) is 18.5. The van der Waals surface area contributed by atoms with Gasteiger partial charge in [-0.1, -0.05) is 42.5 Å². The molecule has 1 N–H and O–H groups in total. The van der Waals surface area contributed by atoms with Gasteiger partial charge in [-0.05, 0) is 61.4 Å². The van der Waals surface area contributed by atoms with Gasteiger partial charge in [-0.3, -0.25) is 14.7 Å². The smallest absolute Gasteiger partial charge is 0.271 e. The summed E-state index contributed by atoms with van der Waals surface area (Å²) in [6, 6.07) is 17.6. The lowest BCUT2D eigenvalue weighted by Gasteiger charge is -2.16. The number of carbonyl (C=O) groups is 1. The lowest BCUT2D eigenvalue weighted by Crippen LogP contribution is -2.29. The maximum atomic E-state index is 13.0. The number of amides is 1. The summed E-state index contributed by atoms with van der Waals surface area (Å²) in [4.78, 5) is 20.0. The molecule has 1 heterocycles. The number of benzene rings is 2. The van der Waals surface area contributed by atoms with E-state index in [2.05, 4.69) is 4.99 Å². The molecule has 1 aliphatic heterocycles. The van der Waals surface area contributed by atoms with E-state index in [4.69, 9.17) is 5.11 Å². The van der Waals surface area contributed by atoms with Crippen molar-refractivity contribution in [2.45, 2.75) is 26.3 Å². The standard InChI is InChI=1S/C21H22N2O2S/c1-15(2)22-21-23(18-6-4-3-5-7-18)20(25)19(26-21)14-17-10-8-16(9-11-17)12-13-24/h3-11,14-15,24H,12-13H2,1-2H3/b19-14-,22-21?. The number of aliphatic hydroxyl groups is 1. The van der Waals surface area contributed by atoms with E-state index < -0.39 is 0 Å². The average Bonchev–Trinajstić information content (AvgIpc) is 2.92. The maximum absolute atomic E-state index is 13.0. The van der Waals surface area contributed by atoms with Crippen molar-refractivity contribution in [3.8, 4) is 0 Å². The molecule has 0 saturated carbocycles. The molecule has 5 heteroatoms. The third-order valence-electron chi connectivity index (χ3n) is 3.87. The topological polar surface area (TPSA) is 52.9 Å². The van der Waals surface area contributed by atoms with Crippen molar-refractivity contribution in [2.75, 3.05) is 11.5 Å². The van der Waals surface area contributed by atoms with Crippen molar-refractivity contribution in [3.63, 3.8) is 0 Å². The first kappa shape index (κ1) is 18.4. The summed E-state index contributed by atoms with van der Waals surface area (Å²) in [7, 11) is 0. The van der Waals surface area contributed by atoms with Crippen LogP contribution in [0.5, 0.6) is 0 Å². The summed E-state index contributed by atoms with van der Waals surface area (Å²) in [6.07, 6.45) is 2.53. The lowest BCUT2D eigenvalue weighted by atomic mass is 10.1. The Hall–Kier alpha value is -2.37. The number of amidine groups is 1. The number of rotatable bonds is 5. The van der Waals surface area contributed by atoms with Gasteiger partial charge in [-0.15, -0.1) is 0 Å². The summed E-state index contributed by atoms with van der Waals surface area (Å²) in [5, 5.41) is 9.72. The first-order chi connectivity index (χ1) is 12.6. The van der Waals surface area contributed by atoms with Crippen molar-refractivity contribution in [1.82, 2.24) is 0 Å². The molecular weight excluding hydrogens is 344 g/mol. The Morgan fingerprint density at radius 3 is 2.42 bits per heavy atom. The van der Waals surface area contributed by atoms with Crippen molar-refractivity contribution in [3.05, 3.63) is 70.6 Å². The molecule has 1 fully saturated rings. The van der Waals surface area contributed by atoms with E-state index in [0.29, 0.717) is 16.5 Å². The number of thioether (sulfide) groups is 1. The Bertz CT molecular complexity index is 827. The molecule has 0 aromatic heterocycles. The van der Waals surface area contributed by atoms with Crippen LogP contribution in [0.4, 0.5) is 5.69 Å². The minimum atomic E-state index is -0.0555. The van der Waals surface area contributed by atoms with Crippen LogP contribution in [0.15, 0.2) is 64.5 Å². The number of aliphatic imine (C=N–C) groups is 1. The van der Waals surface area contributed by atoms with E-state index in [-0.39, 0.29) is 18.6 Å². The second-order valence-electron chi connectivity index (χ2n) is 6.31. The number of hydrogen-bond acceptors (Lipinski definition) is 4. The van der Waals surface area contributed by atoms with Crippen LogP contribution in [0.2, 0.25) is 0 Å². The Kier molecular flexibility index (Phi) is 5.91. The second-order valence-corrected chi connectivity index (χ2v) is 7.32. The van der Waals surface area contributed by atoms with Crippen LogP contribution in [0.3, 0.4) is 0 Å². The van der Waals surface area contributed by atoms with Gasteiger partial charge in [0.15, 0.2) is 5.17 Å². The molecule has 26 heavy (non-hydrogen) atoms. The van der Waals surface area contributed by atoms with E-state index >= 15 is 0 Å². The predicted molar refractivity (Wildman–Crippen MR) is 109 cm³/mol. The molecule has 3 rings (SSSR count). The molecule has 0 unspecified atom stereocenters. The van der Waals surface area contributed by atoms with Crippen LogP contribution < -0.4 is 4.90 Å². The molecule has 4 nitrogen and oxygen atoms in total. The van der Waals surface area contributed by atoms with Crippen LogP contribution in [0, 0.1) is 0 Å². The van der Waals surface area contributed by atoms with Crippen LogP contribution in [0.1, 0.15) is 25.0 Å². The zero-order valence-corrected chi connectivity index (χ0v) is 15.7. The third-order valence-corrected chi connectivity index (χ3v) is 4.85. The number of hydrogen-bond donors (Lipinski definition) is 1. The van der Waals surface area contributed by atoms with E-state index in [1.165, 1.54) is 11.8 Å². The van der Waals surface area contributed by atoms with E-state index in [0.717, 1.165) is 16.8 Å². The van der Waals surface area contributed by atoms with Gasteiger partial charge in [-0.2, -0.15) is 0 Å². The first-order valence-electron chi connectivity index (χ1n) is 8.65. The summed E-state index contributed by atoms with van der Waals surface area (Å²) in [5.41, 5.74) is 2.86. The van der Waals surface area contributed by atoms with Crippen LogP contribution in [-0.4, -0.2) is 28.8 Å². The van der Waals surface area contributed by atoms with Gasteiger partial charge in [0.1, 0.15) is 0 Å². The van der Waals surface area contributed by atoms with Crippen LogP contribution in [0.25, 0.3) is 6.08 Å². The number of aliphatic hydroxyl groups excluding tert-OH is 1. The summed E-state index contributed by atoms with van der Waals surface area (Å²) < 4.78 is 0. The molecule has 1 aliphatic rings. The Balaban J connectivity index is 1.92. The third kappa shape index (κ3) is 4.23. The van der Waals surface area contributed by atoms with Gasteiger partial charge >= 0.3 is 0 Å². The molecule has 0 atom stereocenters. The summed E-state index contributed by atoms with van der Waals surface area (Å²) >= 11 is 1.41. The van der Waals surface area contributed by atoms with Crippen molar-refractivity contribution in [1.29, 1.82) is 0 Å². The molecule has 0 bridgehead atoms. The monoisotopic (exact) mass is 366 g/mol. The molecule has 134 valence electrons. The molecule has 2 aromatic rings. The highest BCUT2D eigenvalue weighted by atomic mass is 32.2. The van der Waals surface area contributed by atoms with Gasteiger partial charge in [-0.25, -0.2) is 0 Å². The van der Waals surface area contributed by atoms with Gasteiger partial charge in [0.25, 0.3) is 5.91 Å². The SMILES string of the molecule is CC(C)N=C1S/C(=C\c2ccc(CCO)cc2)C(=O)N1c1ccccc1. The van der Waals surface area contributed by atoms with E-state index in [1.807, 2.05) is 74.5 Å². The second kappa shape index (κ2) is 8.34. The highest BCUT2D eigenvalue weighted by Gasteiger charge is 2.34. The molecule has 2 aromatic carbocycles. The van der Waals surface area contributed by atoms with Gasteiger partial charge < -0.3 is 5.11 Å². The molecular formula is C21H22N2O2S. The maximum Gasteiger partial charge on any atom is 0.271 e. The largest absolute Gasteiger partial charge is 0.396 e. The van der Waals surface area contributed by atoms with Gasteiger partial charge in [0.05, 0.1) is 10.6 Å². The Morgan fingerprint density at radius 2 is 1.81 bits per heavy atom. The molecule has 0 spiro atoms. The van der Waals surface area contributed by atoms with Gasteiger partial charge in [0, 0.05) is 12.6 Å². The fraction of sp³-hybridized carbons (Fsp3) is 0.238. The minimum Gasteiger partial charge on any atom is -0.396 e. The summed E-state index contributed by atoms with van der Waals surface area (Å²) in [5.74, 6) is -0.0555. The van der Waals surface area contributed by atoms with Crippen molar-refractivity contribution in [2.24, 2.45) is 4.99 Å². The Morgan fingerprint density at radius 1 is 1.12 bits per heavy atom. The molecule has 0 radical (unpaired) electrons. The number of anilines is 1. The average molecular weight is 366 g/mol. The van der Waals surface area contributed by atoms with E-state index in [1.54, 1.807) is 4.90 Å². The number of carbonyl (C=O) groups excluding carboxylic acids is 1. The number of para-hydroxylation sites is 1. The molecule has 1 saturated heterocycles. The van der Waals surface area contributed by atoms with E-state index in [9.17, 15) is 4.79 Å². The quantitative estimate of drug-likeness (QED) is 0.811. The number of nitrogens with zero attached hydrogens (tertiary/aromatic N) is 2. The minimum absolute atomic E-state index is 0.0555. The molecule has 1 amide bonds. The normalized spacial score (nSPS) is 17.7.